The molecule has 0 spiro atoms. The predicted octanol–water partition coefficient (Wildman–Crippen LogP) is 1.48. The van der Waals surface area contributed by atoms with Gasteiger partial charge in [0.25, 0.3) is 0 Å². The van der Waals surface area contributed by atoms with Gasteiger partial charge in [-0.3, -0.25) is 0 Å². The molecule has 1 unspecified atom stereocenters. The Balaban J connectivity index is 3.69. The third-order valence-electron chi connectivity index (χ3n) is 1.68. The van der Waals surface area contributed by atoms with Crippen LogP contribution in [0.1, 0.15) is 33.1 Å². The van der Waals surface area contributed by atoms with Gasteiger partial charge in [0.15, 0.2) is 0 Å². The van der Waals surface area contributed by atoms with Gasteiger partial charge >= 0.3 is 0 Å². The van der Waals surface area contributed by atoms with Crippen molar-refractivity contribution >= 4 is 0 Å². The molecule has 0 radical (unpaired) electrons. The fourth-order valence-corrected chi connectivity index (χ4v) is 0.929. The Hall–Kier alpha value is -0.340. The molecule has 2 N–H and O–H groups in total. The molecule has 0 aliphatic carbocycles. The molecule has 11 heavy (non-hydrogen) atoms. The summed E-state index contributed by atoms with van der Waals surface area (Å²) in [5.41, 5.74) is 0.973. The van der Waals surface area contributed by atoms with E-state index in [2.05, 4.69) is 0 Å². The average Bonchev–Trinajstić information content (AvgIpc) is 2.00. The lowest BCUT2D eigenvalue weighted by Gasteiger charge is -2.08. The van der Waals surface area contributed by atoms with Crippen molar-refractivity contribution in [1.82, 2.24) is 0 Å². The molecule has 2 heteroatoms. The standard InChI is InChI=1S/C9H18O2/c1-3-5-9(11)8(2)6-4-7-10/h6,9-11H,3-5,7H2,1-2H3/b8-6+. The van der Waals surface area contributed by atoms with E-state index in [1.54, 1.807) is 0 Å². The summed E-state index contributed by atoms with van der Waals surface area (Å²) in [4.78, 5) is 0. The molecule has 0 saturated carbocycles. The molecule has 0 aliphatic rings. The molecular formula is C9H18O2. The Morgan fingerprint density at radius 3 is 2.64 bits per heavy atom. The Morgan fingerprint density at radius 2 is 2.18 bits per heavy atom. The highest BCUT2D eigenvalue weighted by Gasteiger charge is 2.02. The molecule has 66 valence electrons. The zero-order valence-corrected chi connectivity index (χ0v) is 7.38. The van der Waals surface area contributed by atoms with Gasteiger partial charge in [0.2, 0.25) is 0 Å². The van der Waals surface area contributed by atoms with Crippen LogP contribution in [-0.2, 0) is 0 Å². The monoisotopic (exact) mass is 158 g/mol. The third kappa shape index (κ3) is 4.99. The van der Waals surface area contributed by atoms with E-state index in [1.165, 1.54) is 0 Å². The molecule has 0 aromatic rings. The molecule has 0 saturated heterocycles. The Morgan fingerprint density at radius 1 is 1.55 bits per heavy atom. The van der Waals surface area contributed by atoms with Gasteiger partial charge in [0.1, 0.15) is 0 Å². The summed E-state index contributed by atoms with van der Waals surface area (Å²) in [6.07, 6.45) is 4.03. The molecule has 0 fully saturated rings. The normalized spacial score (nSPS) is 15.1. The number of hydrogen-bond acceptors (Lipinski definition) is 2. The van der Waals surface area contributed by atoms with Gasteiger partial charge in [0.05, 0.1) is 6.10 Å². The van der Waals surface area contributed by atoms with Crippen molar-refractivity contribution in [3.05, 3.63) is 11.6 Å². The highest BCUT2D eigenvalue weighted by molar-refractivity contribution is 5.03. The SMILES string of the molecule is CCCC(O)/C(C)=C/CCO. The number of aliphatic hydroxyl groups is 2. The number of rotatable bonds is 5. The van der Waals surface area contributed by atoms with Crippen molar-refractivity contribution in [2.45, 2.75) is 39.2 Å². The van der Waals surface area contributed by atoms with E-state index < -0.39 is 0 Å². The molecule has 0 rings (SSSR count). The van der Waals surface area contributed by atoms with Crippen LogP contribution in [0.5, 0.6) is 0 Å². The molecule has 0 heterocycles. The van der Waals surface area contributed by atoms with Crippen LogP contribution in [0.25, 0.3) is 0 Å². The zero-order valence-electron chi connectivity index (χ0n) is 7.38. The fraction of sp³-hybridized carbons (Fsp3) is 0.778. The first-order valence-corrected chi connectivity index (χ1v) is 4.18. The van der Waals surface area contributed by atoms with Crippen molar-refractivity contribution in [3.8, 4) is 0 Å². The average molecular weight is 158 g/mol. The van der Waals surface area contributed by atoms with Crippen molar-refractivity contribution in [2.24, 2.45) is 0 Å². The second kappa shape index (κ2) is 6.38. The van der Waals surface area contributed by atoms with E-state index >= 15 is 0 Å². The summed E-state index contributed by atoms with van der Waals surface area (Å²) in [6.45, 7) is 4.11. The van der Waals surface area contributed by atoms with E-state index in [-0.39, 0.29) is 12.7 Å². The molecule has 0 aromatic heterocycles. The van der Waals surface area contributed by atoms with Gasteiger partial charge < -0.3 is 10.2 Å². The van der Waals surface area contributed by atoms with Crippen LogP contribution < -0.4 is 0 Å². The van der Waals surface area contributed by atoms with Crippen LogP contribution in [0.2, 0.25) is 0 Å². The summed E-state index contributed by atoms with van der Waals surface area (Å²) in [5.74, 6) is 0. The first-order valence-electron chi connectivity index (χ1n) is 4.18. The van der Waals surface area contributed by atoms with Crippen molar-refractivity contribution in [2.75, 3.05) is 6.61 Å². The van der Waals surface area contributed by atoms with E-state index in [0.29, 0.717) is 6.42 Å². The summed E-state index contributed by atoms with van der Waals surface area (Å²) < 4.78 is 0. The van der Waals surface area contributed by atoms with Gasteiger partial charge in [-0.2, -0.15) is 0 Å². The molecule has 0 aromatic carbocycles. The van der Waals surface area contributed by atoms with Crippen LogP contribution in [0.4, 0.5) is 0 Å². The second-order valence-corrected chi connectivity index (χ2v) is 2.76. The first-order chi connectivity index (χ1) is 5.22. The largest absolute Gasteiger partial charge is 0.396 e. The van der Waals surface area contributed by atoms with Crippen molar-refractivity contribution in [3.63, 3.8) is 0 Å². The van der Waals surface area contributed by atoms with Crippen LogP contribution in [-0.4, -0.2) is 22.9 Å². The lowest BCUT2D eigenvalue weighted by atomic mass is 10.1. The Kier molecular flexibility index (Phi) is 6.18. The topological polar surface area (TPSA) is 40.5 Å². The smallest absolute Gasteiger partial charge is 0.0747 e. The van der Waals surface area contributed by atoms with Gasteiger partial charge in [0, 0.05) is 6.61 Å². The van der Waals surface area contributed by atoms with E-state index in [4.69, 9.17) is 5.11 Å². The lowest BCUT2D eigenvalue weighted by Crippen LogP contribution is -2.07. The van der Waals surface area contributed by atoms with Crippen molar-refractivity contribution in [1.29, 1.82) is 0 Å². The Labute approximate surface area is 68.6 Å². The zero-order chi connectivity index (χ0) is 8.69. The molecule has 0 bridgehead atoms. The maximum absolute atomic E-state index is 9.39. The van der Waals surface area contributed by atoms with E-state index in [1.807, 2.05) is 19.9 Å². The minimum Gasteiger partial charge on any atom is -0.396 e. The Bertz CT molecular complexity index is 119. The predicted molar refractivity (Wildman–Crippen MR) is 46.4 cm³/mol. The highest BCUT2D eigenvalue weighted by atomic mass is 16.3. The van der Waals surface area contributed by atoms with Crippen LogP contribution in [0, 0.1) is 0 Å². The molecule has 2 nitrogen and oxygen atoms in total. The van der Waals surface area contributed by atoms with E-state index in [0.717, 1.165) is 18.4 Å². The van der Waals surface area contributed by atoms with Crippen LogP contribution in [0.15, 0.2) is 11.6 Å². The van der Waals surface area contributed by atoms with Crippen LogP contribution >= 0.6 is 0 Å². The summed E-state index contributed by atoms with van der Waals surface area (Å²) in [7, 11) is 0. The van der Waals surface area contributed by atoms with Gasteiger partial charge in [-0.25, -0.2) is 0 Å². The first kappa shape index (κ1) is 10.7. The summed E-state index contributed by atoms with van der Waals surface area (Å²) >= 11 is 0. The van der Waals surface area contributed by atoms with Gasteiger partial charge in [-0.05, 0) is 25.3 Å². The fourth-order valence-electron chi connectivity index (χ4n) is 0.929. The number of aliphatic hydroxyl groups excluding tert-OH is 2. The van der Waals surface area contributed by atoms with Gasteiger partial charge in [-0.15, -0.1) is 0 Å². The van der Waals surface area contributed by atoms with Crippen LogP contribution in [0.3, 0.4) is 0 Å². The third-order valence-corrected chi connectivity index (χ3v) is 1.68. The maximum atomic E-state index is 9.39. The molecule has 0 amide bonds. The van der Waals surface area contributed by atoms with E-state index in [9.17, 15) is 5.11 Å². The molecular weight excluding hydrogens is 140 g/mol. The molecule has 0 aliphatic heterocycles. The summed E-state index contributed by atoms with van der Waals surface area (Å²) in [5, 5.41) is 17.9. The minimum atomic E-state index is -0.313. The molecule has 1 atom stereocenters. The second-order valence-electron chi connectivity index (χ2n) is 2.76. The summed E-state index contributed by atoms with van der Waals surface area (Å²) in [6, 6.07) is 0. The number of hydrogen-bond donors (Lipinski definition) is 2. The minimum absolute atomic E-state index is 0.163. The quantitative estimate of drug-likeness (QED) is 0.595. The van der Waals surface area contributed by atoms with Gasteiger partial charge in [-0.1, -0.05) is 19.4 Å². The van der Waals surface area contributed by atoms with Crippen molar-refractivity contribution < 1.29 is 10.2 Å². The maximum Gasteiger partial charge on any atom is 0.0747 e. The lowest BCUT2D eigenvalue weighted by molar-refractivity contribution is 0.198. The highest BCUT2D eigenvalue weighted by Crippen LogP contribution is 2.07.